The molecule has 2 heterocycles. The summed E-state index contributed by atoms with van der Waals surface area (Å²) < 4.78 is 5.91. The molecule has 1 unspecified atom stereocenters. The first-order valence-electron chi connectivity index (χ1n) is 6.22. The second-order valence-corrected chi connectivity index (χ2v) is 6.46. The second-order valence-electron chi connectivity index (χ2n) is 6.46. The third-order valence-corrected chi connectivity index (χ3v) is 4.12. The monoisotopic (exact) mass is 225 g/mol. The molecule has 92 valence electrons. The topological polar surface area (TPSA) is 29.5 Å². The summed E-state index contributed by atoms with van der Waals surface area (Å²) >= 11 is 0. The molecule has 2 aliphatic rings. The third kappa shape index (κ3) is 2.10. The molecular weight excluding hydrogens is 202 g/mol. The Morgan fingerprint density at radius 2 is 2.00 bits per heavy atom. The van der Waals surface area contributed by atoms with Crippen molar-refractivity contribution in [2.75, 3.05) is 19.7 Å². The largest absolute Gasteiger partial charge is 0.371 e. The van der Waals surface area contributed by atoms with Crippen LogP contribution < -0.4 is 0 Å². The number of carbonyl (C=O) groups is 1. The highest BCUT2D eigenvalue weighted by molar-refractivity contribution is 5.74. The first-order chi connectivity index (χ1) is 7.32. The highest BCUT2D eigenvalue weighted by Crippen LogP contribution is 2.43. The summed E-state index contributed by atoms with van der Waals surface area (Å²) in [4.78, 5) is 13.1. The van der Waals surface area contributed by atoms with Gasteiger partial charge in [-0.25, -0.2) is 0 Å². The van der Waals surface area contributed by atoms with Crippen LogP contribution in [0.1, 0.15) is 40.5 Å². The van der Waals surface area contributed by atoms with E-state index in [2.05, 4.69) is 20.8 Å². The van der Waals surface area contributed by atoms with Crippen molar-refractivity contribution in [3.8, 4) is 0 Å². The van der Waals surface area contributed by atoms with Gasteiger partial charge in [0, 0.05) is 13.5 Å². The van der Waals surface area contributed by atoms with Crippen molar-refractivity contribution < 1.29 is 9.53 Å². The van der Waals surface area contributed by atoms with E-state index < -0.39 is 0 Å². The molecule has 0 aliphatic carbocycles. The Balaban J connectivity index is 1.96. The molecule has 0 saturated carbocycles. The molecule has 0 aromatic heterocycles. The molecule has 0 aromatic carbocycles. The molecule has 1 amide bonds. The van der Waals surface area contributed by atoms with Gasteiger partial charge in [0.05, 0.1) is 13.1 Å². The molecule has 2 fully saturated rings. The lowest BCUT2D eigenvalue weighted by Gasteiger charge is -2.54. The zero-order chi connectivity index (χ0) is 12.0. The normalized spacial score (nSPS) is 29.0. The SMILES string of the molecule is CC(=O)N1CC2(CC(C(C)(C)C)CCO2)C1. The molecule has 0 N–H and O–H groups in total. The van der Waals surface area contributed by atoms with Gasteiger partial charge in [0.15, 0.2) is 0 Å². The van der Waals surface area contributed by atoms with Crippen molar-refractivity contribution in [2.24, 2.45) is 11.3 Å². The highest BCUT2D eigenvalue weighted by atomic mass is 16.5. The molecule has 0 radical (unpaired) electrons. The first-order valence-corrected chi connectivity index (χ1v) is 6.22. The number of rotatable bonds is 0. The van der Waals surface area contributed by atoms with Gasteiger partial charge in [0.1, 0.15) is 5.60 Å². The number of ether oxygens (including phenoxy) is 1. The average Bonchev–Trinajstić information content (AvgIpc) is 2.12. The Labute approximate surface area is 98.1 Å². The summed E-state index contributed by atoms with van der Waals surface area (Å²) in [6.07, 6.45) is 2.27. The maximum absolute atomic E-state index is 11.2. The minimum absolute atomic E-state index is 0.0120. The molecule has 2 rings (SSSR count). The quantitative estimate of drug-likeness (QED) is 0.631. The lowest BCUT2D eigenvalue weighted by atomic mass is 9.69. The summed E-state index contributed by atoms with van der Waals surface area (Å²) in [5.74, 6) is 0.891. The molecule has 3 nitrogen and oxygen atoms in total. The molecule has 0 aromatic rings. The fraction of sp³-hybridized carbons (Fsp3) is 0.923. The van der Waals surface area contributed by atoms with Crippen LogP contribution >= 0.6 is 0 Å². The summed E-state index contributed by atoms with van der Waals surface area (Å²) in [7, 11) is 0. The summed E-state index contributed by atoms with van der Waals surface area (Å²) in [6.45, 7) is 11.0. The number of hydrogen-bond acceptors (Lipinski definition) is 2. The van der Waals surface area contributed by atoms with Crippen LogP contribution in [-0.4, -0.2) is 36.1 Å². The van der Waals surface area contributed by atoms with Crippen LogP contribution in [0.15, 0.2) is 0 Å². The fourth-order valence-corrected chi connectivity index (χ4v) is 2.86. The van der Waals surface area contributed by atoms with Crippen LogP contribution in [0.5, 0.6) is 0 Å². The summed E-state index contributed by atoms with van der Waals surface area (Å²) in [5, 5.41) is 0. The van der Waals surface area contributed by atoms with Crippen LogP contribution in [0.2, 0.25) is 0 Å². The summed E-state index contributed by atoms with van der Waals surface area (Å²) in [6, 6.07) is 0. The van der Waals surface area contributed by atoms with Crippen LogP contribution in [0.3, 0.4) is 0 Å². The van der Waals surface area contributed by atoms with Gasteiger partial charge in [-0.2, -0.15) is 0 Å². The van der Waals surface area contributed by atoms with E-state index in [1.807, 2.05) is 4.90 Å². The van der Waals surface area contributed by atoms with Gasteiger partial charge in [-0.05, 0) is 24.2 Å². The zero-order valence-electron chi connectivity index (χ0n) is 10.9. The Bertz CT molecular complexity index is 287. The maximum atomic E-state index is 11.2. The van der Waals surface area contributed by atoms with Crippen molar-refractivity contribution in [1.29, 1.82) is 0 Å². The number of amides is 1. The number of nitrogens with zero attached hydrogens (tertiary/aromatic N) is 1. The Kier molecular flexibility index (Phi) is 2.77. The van der Waals surface area contributed by atoms with E-state index in [0.717, 1.165) is 38.5 Å². The maximum Gasteiger partial charge on any atom is 0.219 e. The number of carbonyl (C=O) groups excluding carboxylic acids is 1. The Hall–Kier alpha value is -0.570. The van der Waals surface area contributed by atoms with Crippen LogP contribution in [0.25, 0.3) is 0 Å². The van der Waals surface area contributed by atoms with Crippen LogP contribution in [0, 0.1) is 11.3 Å². The Morgan fingerprint density at radius 1 is 1.38 bits per heavy atom. The predicted octanol–water partition coefficient (Wildman–Crippen LogP) is 2.06. The van der Waals surface area contributed by atoms with Crippen LogP contribution in [0.4, 0.5) is 0 Å². The van der Waals surface area contributed by atoms with Gasteiger partial charge in [-0.1, -0.05) is 20.8 Å². The first kappa shape index (κ1) is 11.9. The van der Waals surface area contributed by atoms with Crippen molar-refractivity contribution in [3.05, 3.63) is 0 Å². The molecule has 0 bridgehead atoms. The van der Waals surface area contributed by atoms with Crippen molar-refractivity contribution >= 4 is 5.91 Å². The van der Waals surface area contributed by atoms with E-state index in [-0.39, 0.29) is 11.5 Å². The molecule has 3 heteroatoms. The van der Waals surface area contributed by atoms with Crippen molar-refractivity contribution in [3.63, 3.8) is 0 Å². The van der Waals surface area contributed by atoms with Gasteiger partial charge in [-0.3, -0.25) is 4.79 Å². The molecule has 16 heavy (non-hydrogen) atoms. The minimum atomic E-state index is -0.0120. The number of likely N-dealkylation sites (tertiary alicyclic amines) is 1. The van der Waals surface area contributed by atoms with Gasteiger partial charge in [-0.15, -0.1) is 0 Å². The standard InChI is InChI=1S/C13H23NO2/c1-10(15)14-8-13(9-14)7-11(5-6-16-13)12(2,3)4/h11H,5-9H2,1-4H3. The highest BCUT2D eigenvalue weighted by Gasteiger charge is 2.50. The third-order valence-electron chi connectivity index (χ3n) is 4.12. The van der Waals surface area contributed by atoms with Crippen molar-refractivity contribution in [1.82, 2.24) is 4.90 Å². The van der Waals surface area contributed by atoms with Gasteiger partial charge in [0.2, 0.25) is 5.91 Å². The smallest absolute Gasteiger partial charge is 0.219 e. The molecule has 2 aliphatic heterocycles. The molecular formula is C13H23NO2. The predicted molar refractivity (Wildman–Crippen MR) is 63.1 cm³/mol. The Morgan fingerprint density at radius 3 is 2.50 bits per heavy atom. The van der Waals surface area contributed by atoms with E-state index in [0.29, 0.717) is 5.41 Å². The molecule has 1 atom stereocenters. The van der Waals surface area contributed by atoms with E-state index in [4.69, 9.17) is 4.74 Å². The lowest BCUT2D eigenvalue weighted by Crippen LogP contribution is -2.66. The minimum Gasteiger partial charge on any atom is -0.371 e. The van der Waals surface area contributed by atoms with Crippen molar-refractivity contribution in [2.45, 2.75) is 46.1 Å². The molecule has 1 spiro atoms. The van der Waals surface area contributed by atoms with Gasteiger partial charge >= 0.3 is 0 Å². The lowest BCUT2D eigenvalue weighted by molar-refractivity contribution is -0.193. The van der Waals surface area contributed by atoms with E-state index in [9.17, 15) is 4.79 Å². The zero-order valence-corrected chi connectivity index (χ0v) is 10.9. The summed E-state index contributed by atoms with van der Waals surface area (Å²) in [5.41, 5.74) is 0.343. The second kappa shape index (κ2) is 3.73. The molecule has 2 saturated heterocycles. The fourth-order valence-electron chi connectivity index (χ4n) is 2.86. The van der Waals surface area contributed by atoms with Crippen LogP contribution in [-0.2, 0) is 9.53 Å². The van der Waals surface area contributed by atoms with Gasteiger partial charge in [0.25, 0.3) is 0 Å². The van der Waals surface area contributed by atoms with Gasteiger partial charge < -0.3 is 9.64 Å². The van der Waals surface area contributed by atoms with E-state index in [1.54, 1.807) is 6.92 Å². The number of hydrogen-bond donors (Lipinski definition) is 0. The van der Waals surface area contributed by atoms with E-state index >= 15 is 0 Å². The van der Waals surface area contributed by atoms with E-state index in [1.165, 1.54) is 0 Å². The average molecular weight is 225 g/mol.